The van der Waals surface area contributed by atoms with E-state index in [0.29, 0.717) is 11.4 Å². The molecular weight excluding hydrogens is 254 g/mol. The number of rotatable bonds is 3. The Bertz CT molecular complexity index is 609. The minimum absolute atomic E-state index is 0.0674. The van der Waals surface area contributed by atoms with Gasteiger partial charge >= 0.3 is 0 Å². The topological polar surface area (TPSA) is 85.1 Å². The highest BCUT2D eigenvalue weighted by Gasteiger charge is 2.11. The summed E-state index contributed by atoms with van der Waals surface area (Å²) in [5.41, 5.74) is 0.617. The van der Waals surface area contributed by atoms with Crippen molar-refractivity contribution in [2.24, 2.45) is 0 Å². The first kappa shape index (κ1) is 12.2. The Morgan fingerprint density at radius 3 is 2.89 bits per heavy atom. The van der Waals surface area contributed by atoms with Crippen molar-refractivity contribution >= 4 is 28.6 Å². The number of nitrogens with zero attached hydrogens (tertiary/aromatic N) is 2. The molecule has 7 heteroatoms. The molecule has 0 saturated carbocycles. The molecule has 1 aromatic heterocycles. The van der Waals surface area contributed by atoms with Crippen LogP contribution in [0.3, 0.4) is 0 Å². The number of hydrogen-bond acceptors (Lipinski definition) is 5. The minimum atomic E-state index is -0.511. The van der Waals surface area contributed by atoms with E-state index in [2.05, 4.69) is 10.3 Å². The Balaban J connectivity index is 2.16. The number of aromatic nitrogens is 1. The molecule has 0 unspecified atom stereocenters. The van der Waals surface area contributed by atoms with E-state index in [1.54, 1.807) is 18.4 Å². The molecule has 1 amide bonds. The SMILES string of the molecule is Cc1nc(C(=O)Nc2cccc([N+](=O)[O-])c2)cs1. The van der Waals surface area contributed by atoms with Gasteiger partial charge in [0.05, 0.1) is 9.93 Å². The molecule has 0 aliphatic carbocycles. The number of nitro groups is 1. The fourth-order valence-corrected chi connectivity index (χ4v) is 1.95. The zero-order chi connectivity index (χ0) is 13.1. The number of thiazole rings is 1. The summed E-state index contributed by atoms with van der Waals surface area (Å²) in [6.45, 7) is 1.80. The van der Waals surface area contributed by atoms with Crippen molar-refractivity contribution in [2.75, 3.05) is 5.32 Å². The molecule has 0 aliphatic heterocycles. The van der Waals surface area contributed by atoms with Gasteiger partial charge in [-0.05, 0) is 13.0 Å². The zero-order valence-corrected chi connectivity index (χ0v) is 10.2. The number of carbonyl (C=O) groups is 1. The lowest BCUT2D eigenvalue weighted by Gasteiger charge is -2.02. The monoisotopic (exact) mass is 263 g/mol. The second kappa shape index (κ2) is 4.92. The summed E-state index contributed by atoms with van der Waals surface area (Å²) in [6, 6.07) is 5.77. The lowest BCUT2D eigenvalue weighted by Crippen LogP contribution is -2.12. The molecule has 2 rings (SSSR count). The molecule has 1 N–H and O–H groups in total. The highest BCUT2D eigenvalue weighted by molar-refractivity contribution is 7.09. The second-order valence-electron chi connectivity index (χ2n) is 3.51. The van der Waals surface area contributed by atoms with Gasteiger partial charge in [-0.1, -0.05) is 6.07 Å². The summed E-state index contributed by atoms with van der Waals surface area (Å²) in [5, 5.41) is 15.6. The smallest absolute Gasteiger partial charge is 0.275 e. The average molecular weight is 263 g/mol. The van der Waals surface area contributed by atoms with E-state index >= 15 is 0 Å². The maximum atomic E-state index is 11.8. The number of benzene rings is 1. The van der Waals surface area contributed by atoms with E-state index in [-0.39, 0.29) is 11.6 Å². The van der Waals surface area contributed by atoms with E-state index < -0.39 is 4.92 Å². The van der Waals surface area contributed by atoms with Crippen LogP contribution in [-0.4, -0.2) is 15.8 Å². The van der Waals surface area contributed by atoms with E-state index in [9.17, 15) is 14.9 Å². The van der Waals surface area contributed by atoms with Crippen LogP contribution in [0.25, 0.3) is 0 Å². The molecule has 18 heavy (non-hydrogen) atoms. The number of nitro benzene ring substituents is 1. The number of hydrogen-bond donors (Lipinski definition) is 1. The Morgan fingerprint density at radius 1 is 1.50 bits per heavy atom. The van der Waals surface area contributed by atoms with Gasteiger partial charge in [-0.25, -0.2) is 4.98 Å². The predicted molar refractivity (Wildman–Crippen MR) is 67.9 cm³/mol. The molecule has 0 bridgehead atoms. The molecular formula is C11H9N3O3S. The van der Waals surface area contributed by atoms with Crippen LogP contribution >= 0.6 is 11.3 Å². The lowest BCUT2D eigenvalue weighted by molar-refractivity contribution is -0.384. The van der Waals surface area contributed by atoms with Crippen LogP contribution in [0, 0.1) is 17.0 Å². The van der Waals surface area contributed by atoms with Gasteiger partial charge in [0, 0.05) is 23.2 Å². The maximum absolute atomic E-state index is 11.8. The van der Waals surface area contributed by atoms with E-state index in [0.717, 1.165) is 5.01 Å². The third-order valence-electron chi connectivity index (χ3n) is 2.17. The first-order chi connectivity index (χ1) is 8.56. The molecule has 0 atom stereocenters. The van der Waals surface area contributed by atoms with Crippen LogP contribution < -0.4 is 5.32 Å². The largest absolute Gasteiger partial charge is 0.320 e. The lowest BCUT2D eigenvalue weighted by atomic mass is 10.3. The number of non-ortho nitro benzene ring substituents is 1. The number of amides is 1. The normalized spacial score (nSPS) is 10.1. The Labute approximate surface area is 106 Å². The average Bonchev–Trinajstić information content (AvgIpc) is 2.76. The van der Waals surface area contributed by atoms with Crippen molar-refractivity contribution < 1.29 is 9.72 Å². The first-order valence-corrected chi connectivity index (χ1v) is 5.92. The number of carbonyl (C=O) groups excluding carboxylic acids is 1. The summed E-state index contributed by atoms with van der Waals surface area (Å²) in [6.07, 6.45) is 0. The Hall–Kier alpha value is -2.28. The standard InChI is InChI=1S/C11H9N3O3S/c1-7-12-10(6-18-7)11(15)13-8-3-2-4-9(5-8)14(16)17/h2-6H,1H3,(H,13,15). The van der Waals surface area contributed by atoms with Crippen molar-refractivity contribution in [3.05, 3.63) is 50.5 Å². The molecule has 6 nitrogen and oxygen atoms in total. The molecule has 0 saturated heterocycles. The zero-order valence-electron chi connectivity index (χ0n) is 9.41. The summed E-state index contributed by atoms with van der Waals surface area (Å²) in [4.78, 5) is 25.9. The highest BCUT2D eigenvalue weighted by Crippen LogP contribution is 2.18. The molecule has 92 valence electrons. The van der Waals surface area contributed by atoms with Gasteiger partial charge in [-0.3, -0.25) is 14.9 Å². The molecule has 0 fully saturated rings. The molecule has 0 aliphatic rings. The molecule has 1 heterocycles. The van der Waals surface area contributed by atoms with Gasteiger partial charge in [-0.15, -0.1) is 11.3 Å². The Kier molecular flexibility index (Phi) is 3.33. The quantitative estimate of drug-likeness (QED) is 0.681. The van der Waals surface area contributed by atoms with Gasteiger partial charge in [0.1, 0.15) is 5.69 Å². The van der Waals surface area contributed by atoms with Gasteiger partial charge in [0.25, 0.3) is 11.6 Å². The Morgan fingerprint density at radius 2 is 2.28 bits per heavy atom. The van der Waals surface area contributed by atoms with Crippen LogP contribution in [0.1, 0.15) is 15.5 Å². The second-order valence-corrected chi connectivity index (χ2v) is 4.58. The number of anilines is 1. The van der Waals surface area contributed by atoms with Crippen LogP contribution in [-0.2, 0) is 0 Å². The third kappa shape index (κ3) is 2.69. The molecule has 0 radical (unpaired) electrons. The van der Waals surface area contributed by atoms with Crippen molar-refractivity contribution in [3.63, 3.8) is 0 Å². The van der Waals surface area contributed by atoms with Crippen molar-refractivity contribution in [1.29, 1.82) is 0 Å². The first-order valence-electron chi connectivity index (χ1n) is 5.04. The summed E-state index contributed by atoms with van der Waals surface area (Å²) in [7, 11) is 0. The van der Waals surface area contributed by atoms with Crippen LogP contribution in [0.5, 0.6) is 0 Å². The molecule has 1 aromatic carbocycles. The maximum Gasteiger partial charge on any atom is 0.275 e. The van der Waals surface area contributed by atoms with E-state index in [1.165, 1.54) is 29.5 Å². The van der Waals surface area contributed by atoms with Gasteiger partial charge in [0.2, 0.25) is 0 Å². The summed E-state index contributed by atoms with van der Waals surface area (Å²) >= 11 is 1.37. The number of nitrogens with one attached hydrogen (secondary N) is 1. The van der Waals surface area contributed by atoms with Crippen LogP contribution in [0.2, 0.25) is 0 Å². The van der Waals surface area contributed by atoms with Gasteiger partial charge in [0.15, 0.2) is 0 Å². The predicted octanol–water partition coefficient (Wildman–Crippen LogP) is 2.61. The fraction of sp³-hybridized carbons (Fsp3) is 0.0909. The molecule has 2 aromatic rings. The van der Waals surface area contributed by atoms with E-state index in [1.807, 2.05) is 0 Å². The summed E-state index contributed by atoms with van der Waals surface area (Å²) in [5.74, 6) is -0.375. The molecule has 0 spiro atoms. The van der Waals surface area contributed by atoms with Crippen LogP contribution in [0.4, 0.5) is 11.4 Å². The fourth-order valence-electron chi connectivity index (χ4n) is 1.36. The van der Waals surface area contributed by atoms with Crippen molar-refractivity contribution in [1.82, 2.24) is 4.98 Å². The number of aryl methyl sites for hydroxylation is 1. The highest BCUT2D eigenvalue weighted by atomic mass is 32.1. The van der Waals surface area contributed by atoms with Crippen molar-refractivity contribution in [3.8, 4) is 0 Å². The van der Waals surface area contributed by atoms with E-state index in [4.69, 9.17) is 0 Å². The van der Waals surface area contributed by atoms with Gasteiger partial charge in [-0.2, -0.15) is 0 Å². The minimum Gasteiger partial charge on any atom is -0.320 e. The van der Waals surface area contributed by atoms with Crippen molar-refractivity contribution in [2.45, 2.75) is 6.92 Å². The third-order valence-corrected chi connectivity index (χ3v) is 2.94. The van der Waals surface area contributed by atoms with Crippen LogP contribution in [0.15, 0.2) is 29.6 Å². The summed E-state index contributed by atoms with van der Waals surface area (Å²) < 4.78 is 0. The van der Waals surface area contributed by atoms with Gasteiger partial charge < -0.3 is 5.32 Å².